The first-order valence-corrected chi connectivity index (χ1v) is 4.32. The average molecular weight is 155 g/mol. The van der Waals surface area contributed by atoms with Crippen molar-refractivity contribution in [1.29, 1.82) is 0 Å². The fourth-order valence-corrected chi connectivity index (χ4v) is 1.34. The summed E-state index contributed by atoms with van der Waals surface area (Å²) < 4.78 is 0. The number of nitrogens with two attached hydrogens (primary N) is 1. The summed E-state index contributed by atoms with van der Waals surface area (Å²) in [6.07, 6.45) is 3.16. The maximum absolute atomic E-state index is 6.10. The predicted molar refractivity (Wildman–Crippen MR) is 51.5 cm³/mol. The van der Waals surface area contributed by atoms with E-state index in [1.807, 2.05) is 6.92 Å². The molecule has 0 aliphatic carbocycles. The molecule has 1 unspecified atom stereocenters. The summed E-state index contributed by atoms with van der Waals surface area (Å²) >= 11 is 0. The molecule has 0 aromatic carbocycles. The molecule has 1 nitrogen and oxygen atoms in total. The van der Waals surface area contributed by atoms with Gasteiger partial charge in [-0.15, -0.1) is 0 Å². The second kappa shape index (κ2) is 3.91. The highest BCUT2D eigenvalue weighted by molar-refractivity contribution is 5.14. The van der Waals surface area contributed by atoms with Crippen molar-refractivity contribution in [2.24, 2.45) is 11.7 Å². The van der Waals surface area contributed by atoms with E-state index >= 15 is 0 Å². The monoisotopic (exact) mass is 155 g/mol. The van der Waals surface area contributed by atoms with E-state index < -0.39 is 0 Å². The van der Waals surface area contributed by atoms with Crippen LogP contribution in [0.5, 0.6) is 0 Å². The molecular formula is C10H21N. The van der Waals surface area contributed by atoms with Crippen molar-refractivity contribution >= 4 is 0 Å². The normalized spacial score (nSPS) is 18.6. The molecule has 0 amide bonds. The van der Waals surface area contributed by atoms with Crippen molar-refractivity contribution in [2.45, 2.75) is 46.6 Å². The largest absolute Gasteiger partial charge is 0.322 e. The van der Waals surface area contributed by atoms with E-state index in [9.17, 15) is 0 Å². The van der Waals surface area contributed by atoms with E-state index in [2.05, 4.69) is 33.8 Å². The Morgan fingerprint density at radius 3 is 2.27 bits per heavy atom. The molecule has 0 aromatic rings. The fourth-order valence-electron chi connectivity index (χ4n) is 1.34. The van der Waals surface area contributed by atoms with Gasteiger partial charge in [0.05, 0.1) is 0 Å². The van der Waals surface area contributed by atoms with E-state index in [1.165, 1.54) is 5.57 Å². The van der Waals surface area contributed by atoms with Crippen LogP contribution in [0.25, 0.3) is 0 Å². The molecule has 66 valence electrons. The second-order valence-electron chi connectivity index (χ2n) is 3.99. The Kier molecular flexibility index (Phi) is 3.81. The van der Waals surface area contributed by atoms with Crippen LogP contribution in [-0.2, 0) is 0 Å². The minimum absolute atomic E-state index is 0.108. The standard InChI is InChI=1S/C10H21N/c1-6-9(4)10(5,11)7-8(2)3/h6,8H,7,11H2,1-5H3. The van der Waals surface area contributed by atoms with Gasteiger partial charge < -0.3 is 5.73 Å². The third-order valence-corrected chi connectivity index (χ3v) is 2.17. The molecule has 0 fully saturated rings. The molecule has 0 aliphatic heterocycles. The third kappa shape index (κ3) is 3.57. The summed E-state index contributed by atoms with van der Waals surface area (Å²) in [6.45, 7) is 10.6. The van der Waals surface area contributed by atoms with Crippen LogP contribution in [0.2, 0.25) is 0 Å². The molecule has 0 bridgehead atoms. The molecule has 0 saturated heterocycles. The van der Waals surface area contributed by atoms with E-state index in [0.717, 1.165) is 6.42 Å². The summed E-state index contributed by atoms with van der Waals surface area (Å²) in [5.74, 6) is 0.667. The topological polar surface area (TPSA) is 26.0 Å². The van der Waals surface area contributed by atoms with Crippen LogP contribution in [-0.4, -0.2) is 5.54 Å². The molecule has 0 aliphatic rings. The van der Waals surface area contributed by atoms with E-state index in [-0.39, 0.29) is 5.54 Å². The Morgan fingerprint density at radius 1 is 1.55 bits per heavy atom. The van der Waals surface area contributed by atoms with Gasteiger partial charge in [0, 0.05) is 5.54 Å². The summed E-state index contributed by atoms with van der Waals surface area (Å²) in [4.78, 5) is 0. The van der Waals surface area contributed by atoms with E-state index in [1.54, 1.807) is 0 Å². The Labute approximate surface area is 70.7 Å². The number of hydrogen-bond donors (Lipinski definition) is 1. The van der Waals surface area contributed by atoms with Crippen molar-refractivity contribution in [3.05, 3.63) is 11.6 Å². The smallest absolute Gasteiger partial charge is 0.0339 e. The van der Waals surface area contributed by atoms with Crippen LogP contribution in [0, 0.1) is 5.92 Å². The average Bonchev–Trinajstić information content (AvgIpc) is 1.83. The van der Waals surface area contributed by atoms with Crippen molar-refractivity contribution < 1.29 is 0 Å². The Morgan fingerprint density at radius 2 is 2.00 bits per heavy atom. The number of allylic oxidation sites excluding steroid dienone is 1. The lowest BCUT2D eigenvalue weighted by Crippen LogP contribution is -2.38. The molecule has 0 spiro atoms. The minimum Gasteiger partial charge on any atom is -0.322 e. The first-order chi connectivity index (χ1) is 4.90. The fraction of sp³-hybridized carbons (Fsp3) is 0.800. The first kappa shape index (κ1) is 10.7. The van der Waals surface area contributed by atoms with Crippen molar-refractivity contribution in [2.75, 3.05) is 0 Å². The van der Waals surface area contributed by atoms with Gasteiger partial charge in [-0.05, 0) is 33.1 Å². The summed E-state index contributed by atoms with van der Waals surface area (Å²) in [5.41, 5.74) is 7.28. The highest BCUT2D eigenvalue weighted by Crippen LogP contribution is 2.21. The van der Waals surface area contributed by atoms with Gasteiger partial charge in [-0.3, -0.25) is 0 Å². The Bertz CT molecular complexity index is 143. The lowest BCUT2D eigenvalue weighted by atomic mass is 9.85. The molecule has 0 heterocycles. The van der Waals surface area contributed by atoms with Gasteiger partial charge in [-0.1, -0.05) is 25.5 Å². The zero-order chi connectivity index (χ0) is 9.07. The second-order valence-corrected chi connectivity index (χ2v) is 3.99. The molecule has 0 radical (unpaired) electrons. The van der Waals surface area contributed by atoms with Crippen molar-refractivity contribution in [3.8, 4) is 0 Å². The summed E-state index contributed by atoms with van der Waals surface area (Å²) in [7, 11) is 0. The molecule has 11 heavy (non-hydrogen) atoms. The van der Waals surface area contributed by atoms with Crippen molar-refractivity contribution in [3.63, 3.8) is 0 Å². The third-order valence-electron chi connectivity index (χ3n) is 2.17. The number of hydrogen-bond acceptors (Lipinski definition) is 1. The van der Waals surface area contributed by atoms with E-state index in [4.69, 9.17) is 5.73 Å². The maximum Gasteiger partial charge on any atom is 0.0339 e. The zero-order valence-corrected chi connectivity index (χ0v) is 8.44. The van der Waals surface area contributed by atoms with Crippen LogP contribution in [0.3, 0.4) is 0 Å². The summed E-state index contributed by atoms with van der Waals surface area (Å²) in [5, 5.41) is 0. The van der Waals surface area contributed by atoms with Crippen LogP contribution in [0.4, 0.5) is 0 Å². The van der Waals surface area contributed by atoms with Gasteiger partial charge in [-0.2, -0.15) is 0 Å². The molecular weight excluding hydrogens is 134 g/mol. The van der Waals surface area contributed by atoms with E-state index in [0.29, 0.717) is 5.92 Å². The van der Waals surface area contributed by atoms with Gasteiger partial charge in [-0.25, -0.2) is 0 Å². The maximum atomic E-state index is 6.10. The zero-order valence-electron chi connectivity index (χ0n) is 8.44. The molecule has 2 N–H and O–H groups in total. The molecule has 0 saturated carbocycles. The highest BCUT2D eigenvalue weighted by atomic mass is 14.7. The lowest BCUT2D eigenvalue weighted by molar-refractivity contribution is 0.419. The molecule has 0 rings (SSSR count). The van der Waals surface area contributed by atoms with Gasteiger partial charge in [0.1, 0.15) is 0 Å². The summed E-state index contributed by atoms with van der Waals surface area (Å²) in [6, 6.07) is 0. The highest BCUT2D eigenvalue weighted by Gasteiger charge is 2.20. The van der Waals surface area contributed by atoms with Gasteiger partial charge in [0.25, 0.3) is 0 Å². The molecule has 1 atom stereocenters. The minimum atomic E-state index is -0.108. The molecule has 1 heteroatoms. The van der Waals surface area contributed by atoms with Crippen LogP contribution in [0.1, 0.15) is 41.0 Å². The molecule has 0 aromatic heterocycles. The van der Waals surface area contributed by atoms with Crippen molar-refractivity contribution in [1.82, 2.24) is 0 Å². The van der Waals surface area contributed by atoms with Gasteiger partial charge >= 0.3 is 0 Å². The quantitative estimate of drug-likeness (QED) is 0.623. The van der Waals surface area contributed by atoms with Crippen LogP contribution >= 0.6 is 0 Å². The van der Waals surface area contributed by atoms with Gasteiger partial charge in [0.2, 0.25) is 0 Å². The lowest BCUT2D eigenvalue weighted by Gasteiger charge is -2.27. The number of rotatable bonds is 3. The van der Waals surface area contributed by atoms with Crippen LogP contribution < -0.4 is 5.73 Å². The SMILES string of the molecule is CC=C(C)C(C)(N)CC(C)C. The van der Waals surface area contributed by atoms with Crippen LogP contribution in [0.15, 0.2) is 11.6 Å². The van der Waals surface area contributed by atoms with Gasteiger partial charge in [0.15, 0.2) is 0 Å². The Hall–Kier alpha value is -0.300. The Balaban J connectivity index is 4.22. The predicted octanol–water partition coefficient (Wildman–Crippen LogP) is 2.72. The first-order valence-electron chi connectivity index (χ1n) is 4.32.